The van der Waals surface area contributed by atoms with Gasteiger partial charge in [0.15, 0.2) is 11.5 Å². The summed E-state index contributed by atoms with van der Waals surface area (Å²) in [6.45, 7) is 2.01. The molecule has 0 aromatic heterocycles. The van der Waals surface area contributed by atoms with Crippen molar-refractivity contribution in [1.29, 1.82) is 5.26 Å². The zero-order chi connectivity index (χ0) is 20.8. The molecule has 146 valence electrons. The van der Waals surface area contributed by atoms with E-state index in [0.29, 0.717) is 33.2 Å². The predicted molar refractivity (Wildman–Crippen MR) is 113 cm³/mol. The van der Waals surface area contributed by atoms with Gasteiger partial charge in [0.05, 0.1) is 23.8 Å². The maximum atomic E-state index is 13.8. The highest BCUT2D eigenvalue weighted by atomic mass is 35.5. The van der Waals surface area contributed by atoms with Crippen molar-refractivity contribution in [3.63, 3.8) is 0 Å². The number of rotatable bonds is 6. The molecule has 3 rings (SSSR count). The van der Waals surface area contributed by atoms with Gasteiger partial charge in [-0.15, -0.1) is 0 Å². The minimum atomic E-state index is -0.348. The number of allylic oxidation sites excluding steroid dienone is 1. The van der Waals surface area contributed by atoms with Gasteiger partial charge in [-0.25, -0.2) is 4.39 Å². The van der Waals surface area contributed by atoms with Crippen LogP contribution in [0.2, 0.25) is 5.02 Å². The van der Waals surface area contributed by atoms with Crippen molar-refractivity contribution in [3.05, 3.63) is 93.8 Å². The Kier molecular flexibility index (Phi) is 6.54. The minimum absolute atomic E-state index is 0.0186. The van der Waals surface area contributed by atoms with Crippen molar-refractivity contribution >= 4 is 23.3 Å². The van der Waals surface area contributed by atoms with Gasteiger partial charge in [-0.3, -0.25) is 0 Å². The zero-order valence-electron chi connectivity index (χ0n) is 16.1. The van der Waals surface area contributed by atoms with Gasteiger partial charge in [-0.1, -0.05) is 59.6 Å². The summed E-state index contributed by atoms with van der Waals surface area (Å²) in [5, 5.41) is 9.87. The average molecular weight is 408 g/mol. The number of aryl methyl sites for hydroxylation is 1. The van der Waals surface area contributed by atoms with E-state index in [2.05, 4.69) is 6.07 Å². The Bertz CT molecular complexity index is 1090. The molecule has 0 radical (unpaired) electrons. The number of hydrogen-bond donors (Lipinski definition) is 0. The monoisotopic (exact) mass is 407 g/mol. The molecule has 0 aliphatic carbocycles. The molecule has 0 saturated carbocycles. The van der Waals surface area contributed by atoms with Crippen LogP contribution in [0, 0.1) is 24.1 Å². The van der Waals surface area contributed by atoms with Crippen LogP contribution in [0.4, 0.5) is 4.39 Å². The summed E-state index contributed by atoms with van der Waals surface area (Å²) in [4.78, 5) is 0. The molecule has 0 spiro atoms. The van der Waals surface area contributed by atoms with Crippen molar-refractivity contribution in [1.82, 2.24) is 0 Å². The van der Waals surface area contributed by atoms with Crippen LogP contribution >= 0.6 is 11.6 Å². The van der Waals surface area contributed by atoms with E-state index in [9.17, 15) is 9.65 Å². The Balaban J connectivity index is 1.90. The second kappa shape index (κ2) is 9.27. The van der Waals surface area contributed by atoms with Crippen LogP contribution < -0.4 is 9.47 Å². The summed E-state index contributed by atoms with van der Waals surface area (Å²) in [6, 6.07) is 19.7. The summed E-state index contributed by atoms with van der Waals surface area (Å²) in [5.74, 6) is 0.378. The molecular weight excluding hydrogens is 389 g/mol. The highest BCUT2D eigenvalue weighted by molar-refractivity contribution is 6.32. The van der Waals surface area contributed by atoms with E-state index in [1.54, 1.807) is 36.4 Å². The zero-order valence-corrected chi connectivity index (χ0v) is 16.8. The third kappa shape index (κ3) is 4.96. The maximum absolute atomic E-state index is 13.8. The van der Waals surface area contributed by atoms with Crippen molar-refractivity contribution in [2.45, 2.75) is 13.5 Å². The first-order chi connectivity index (χ1) is 14.0. The van der Waals surface area contributed by atoms with E-state index >= 15 is 0 Å². The molecule has 29 heavy (non-hydrogen) atoms. The Morgan fingerprint density at radius 1 is 1.14 bits per heavy atom. The lowest BCUT2D eigenvalue weighted by Crippen LogP contribution is -2.01. The van der Waals surface area contributed by atoms with Crippen LogP contribution in [0.1, 0.15) is 22.3 Å². The van der Waals surface area contributed by atoms with E-state index < -0.39 is 0 Å². The summed E-state index contributed by atoms with van der Waals surface area (Å²) in [5.41, 5.74) is 3.55. The number of halogens is 2. The van der Waals surface area contributed by atoms with E-state index in [4.69, 9.17) is 21.1 Å². The standard InChI is InChI=1S/C24H19ClFNO2/c1-16-7-9-18(10-8-16)20(14-27)11-17-12-21(25)24(23(13-17)28-2)29-15-19-5-3-4-6-22(19)26/h3-13H,15H2,1-2H3/b20-11+. The van der Waals surface area contributed by atoms with Crippen LogP contribution in [0.5, 0.6) is 11.5 Å². The summed E-state index contributed by atoms with van der Waals surface area (Å²) < 4.78 is 25.0. The third-order valence-electron chi connectivity index (χ3n) is 4.38. The molecule has 3 aromatic carbocycles. The van der Waals surface area contributed by atoms with Crippen molar-refractivity contribution in [2.24, 2.45) is 0 Å². The van der Waals surface area contributed by atoms with Crippen LogP contribution in [-0.2, 0) is 6.61 Å². The van der Waals surface area contributed by atoms with Gasteiger partial charge in [0.1, 0.15) is 12.4 Å². The van der Waals surface area contributed by atoms with Crippen LogP contribution in [0.15, 0.2) is 60.7 Å². The molecule has 3 nitrogen and oxygen atoms in total. The molecule has 0 N–H and O–H groups in total. The summed E-state index contributed by atoms with van der Waals surface area (Å²) in [7, 11) is 1.50. The molecule has 0 unspecified atom stereocenters. The van der Waals surface area contributed by atoms with Gasteiger partial charge >= 0.3 is 0 Å². The van der Waals surface area contributed by atoms with Crippen molar-refractivity contribution in [3.8, 4) is 17.6 Å². The first-order valence-electron chi connectivity index (χ1n) is 8.94. The Hall–Kier alpha value is -3.29. The lowest BCUT2D eigenvalue weighted by Gasteiger charge is -2.14. The highest BCUT2D eigenvalue weighted by Gasteiger charge is 2.13. The molecule has 0 bridgehead atoms. The molecule has 0 amide bonds. The number of benzene rings is 3. The largest absolute Gasteiger partial charge is 0.493 e. The van der Waals surface area contributed by atoms with E-state index in [1.807, 2.05) is 31.2 Å². The molecule has 5 heteroatoms. The highest BCUT2D eigenvalue weighted by Crippen LogP contribution is 2.38. The second-order valence-corrected chi connectivity index (χ2v) is 6.86. The fourth-order valence-corrected chi connectivity index (χ4v) is 3.08. The normalized spacial score (nSPS) is 11.1. The molecule has 0 atom stereocenters. The molecule has 3 aromatic rings. The number of methoxy groups -OCH3 is 1. The summed E-state index contributed by atoms with van der Waals surface area (Å²) in [6.07, 6.45) is 1.74. The maximum Gasteiger partial charge on any atom is 0.180 e. The molecular formula is C24H19ClFNO2. The van der Waals surface area contributed by atoms with Gasteiger partial charge < -0.3 is 9.47 Å². The van der Waals surface area contributed by atoms with Gasteiger partial charge in [0.25, 0.3) is 0 Å². The SMILES string of the molecule is COc1cc(/C=C(\C#N)c2ccc(C)cc2)cc(Cl)c1OCc1ccccc1F. The van der Waals surface area contributed by atoms with Crippen molar-refractivity contribution in [2.75, 3.05) is 7.11 Å². The molecule has 0 saturated heterocycles. The van der Waals surface area contributed by atoms with E-state index in [-0.39, 0.29) is 12.4 Å². The fraction of sp³-hybridized carbons (Fsp3) is 0.125. The minimum Gasteiger partial charge on any atom is -0.493 e. The Morgan fingerprint density at radius 3 is 2.52 bits per heavy atom. The lowest BCUT2D eigenvalue weighted by molar-refractivity contribution is 0.280. The van der Waals surface area contributed by atoms with Crippen LogP contribution in [0.25, 0.3) is 11.6 Å². The molecule has 0 fully saturated rings. The first-order valence-corrected chi connectivity index (χ1v) is 9.32. The first kappa shape index (κ1) is 20.4. The number of ether oxygens (including phenoxy) is 2. The Morgan fingerprint density at radius 2 is 1.86 bits per heavy atom. The van der Waals surface area contributed by atoms with Gasteiger partial charge in [0, 0.05) is 5.56 Å². The Labute approximate surface area is 174 Å². The van der Waals surface area contributed by atoms with Gasteiger partial charge in [0.2, 0.25) is 0 Å². The summed E-state index contributed by atoms with van der Waals surface area (Å²) >= 11 is 6.40. The molecule has 0 heterocycles. The molecule has 0 aliphatic rings. The van der Waals surface area contributed by atoms with Crippen molar-refractivity contribution < 1.29 is 13.9 Å². The average Bonchev–Trinajstić information content (AvgIpc) is 2.72. The van der Waals surface area contributed by atoms with E-state index in [1.165, 1.54) is 13.2 Å². The number of hydrogen-bond acceptors (Lipinski definition) is 3. The van der Waals surface area contributed by atoms with Gasteiger partial charge in [-0.05, 0) is 42.3 Å². The second-order valence-electron chi connectivity index (χ2n) is 6.45. The number of nitriles is 1. The number of nitrogens with zero attached hydrogens (tertiary/aromatic N) is 1. The lowest BCUT2D eigenvalue weighted by atomic mass is 10.0. The van der Waals surface area contributed by atoms with E-state index in [0.717, 1.165) is 11.1 Å². The smallest absolute Gasteiger partial charge is 0.180 e. The molecule has 0 aliphatic heterocycles. The van der Waals surface area contributed by atoms with Gasteiger partial charge in [-0.2, -0.15) is 5.26 Å². The van der Waals surface area contributed by atoms with Crippen LogP contribution in [-0.4, -0.2) is 7.11 Å². The third-order valence-corrected chi connectivity index (χ3v) is 4.66. The quantitative estimate of drug-likeness (QED) is 0.349. The fourth-order valence-electron chi connectivity index (χ4n) is 2.81. The van der Waals surface area contributed by atoms with Crippen LogP contribution in [0.3, 0.4) is 0 Å². The topological polar surface area (TPSA) is 42.2 Å². The predicted octanol–water partition coefficient (Wildman–Crippen LogP) is 6.44.